The average molecular weight is 165 g/mol. The van der Waals surface area contributed by atoms with Gasteiger partial charge < -0.3 is 5.73 Å². The molecule has 0 aliphatic rings. The van der Waals surface area contributed by atoms with Gasteiger partial charge in [-0.1, -0.05) is 18.7 Å². The fourth-order valence-electron chi connectivity index (χ4n) is 0.920. The molecule has 2 nitrogen and oxygen atoms in total. The Morgan fingerprint density at radius 2 is 2.25 bits per heavy atom. The van der Waals surface area contributed by atoms with Crippen LogP contribution in [0.5, 0.6) is 0 Å². The second-order valence-corrected chi connectivity index (χ2v) is 2.30. The van der Waals surface area contributed by atoms with Crippen LogP contribution in [0.1, 0.15) is 15.9 Å². The summed E-state index contributed by atoms with van der Waals surface area (Å²) in [5, 5.41) is 0. The van der Waals surface area contributed by atoms with Crippen molar-refractivity contribution in [3.63, 3.8) is 0 Å². The van der Waals surface area contributed by atoms with Crippen molar-refractivity contribution in [2.24, 2.45) is 5.73 Å². The average Bonchev–Trinajstić information content (AvgIpc) is 2.04. The SMILES string of the molecule is C=Cc1ccc(F)cc1C(N)=O. The largest absolute Gasteiger partial charge is 0.366 e. The molecule has 0 bridgehead atoms. The second kappa shape index (κ2) is 3.17. The molecule has 0 saturated heterocycles. The monoisotopic (exact) mass is 165 g/mol. The lowest BCUT2D eigenvalue weighted by atomic mass is 10.1. The third-order valence-corrected chi connectivity index (χ3v) is 1.50. The molecule has 0 aliphatic carbocycles. The zero-order valence-corrected chi connectivity index (χ0v) is 6.38. The number of carbonyl (C=O) groups excluding carboxylic acids is 1. The molecule has 0 unspecified atom stereocenters. The molecule has 0 atom stereocenters. The Hall–Kier alpha value is -1.64. The van der Waals surface area contributed by atoms with Gasteiger partial charge in [-0.15, -0.1) is 0 Å². The maximum Gasteiger partial charge on any atom is 0.249 e. The van der Waals surface area contributed by atoms with Crippen LogP contribution in [-0.4, -0.2) is 5.91 Å². The van der Waals surface area contributed by atoms with Gasteiger partial charge >= 0.3 is 0 Å². The molecule has 62 valence electrons. The number of primary amides is 1. The van der Waals surface area contributed by atoms with Gasteiger partial charge in [0.1, 0.15) is 5.82 Å². The molecule has 1 amide bonds. The van der Waals surface area contributed by atoms with Gasteiger partial charge in [0.15, 0.2) is 0 Å². The van der Waals surface area contributed by atoms with Crippen LogP contribution in [0.3, 0.4) is 0 Å². The smallest absolute Gasteiger partial charge is 0.249 e. The number of halogens is 1. The first kappa shape index (κ1) is 8.46. The van der Waals surface area contributed by atoms with Crippen LogP contribution in [0, 0.1) is 5.82 Å². The Morgan fingerprint density at radius 1 is 1.58 bits per heavy atom. The van der Waals surface area contributed by atoms with Gasteiger partial charge in [-0.2, -0.15) is 0 Å². The third-order valence-electron chi connectivity index (χ3n) is 1.50. The molecule has 0 radical (unpaired) electrons. The summed E-state index contributed by atoms with van der Waals surface area (Å²) in [7, 11) is 0. The van der Waals surface area contributed by atoms with E-state index in [-0.39, 0.29) is 5.56 Å². The van der Waals surface area contributed by atoms with Gasteiger partial charge in [-0.05, 0) is 17.7 Å². The highest BCUT2D eigenvalue weighted by atomic mass is 19.1. The van der Waals surface area contributed by atoms with E-state index >= 15 is 0 Å². The minimum Gasteiger partial charge on any atom is -0.366 e. The fourth-order valence-corrected chi connectivity index (χ4v) is 0.920. The Kier molecular flexibility index (Phi) is 2.24. The molecule has 12 heavy (non-hydrogen) atoms. The molecular weight excluding hydrogens is 157 g/mol. The minimum atomic E-state index is -0.649. The summed E-state index contributed by atoms with van der Waals surface area (Å²) < 4.78 is 12.6. The zero-order valence-electron chi connectivity index (χ0n) is 6.38. The highest BCUT2D eigenvalue weighted by Crippen LogP contribution is 2.11. The molecule has 1 aromatic carbocycles. The maximum atomic E-state index is 12.6. The first-order valence-electron chi connectivity index (χ1n) is 3.37. The summed E-state index contributed by atoms with van der Waals surface area (Å²) in [6, 6.07) is 3.81. The van der Waals surface area contributed by atoms with Crippen molar-refractivity contribution < 1.29 is 9.18 Å². The maximum absolute atomic E-state index is 12.6. The van der Waals surface area contributed by atoms with Gasteiger partial charge in [0.25, 0.3) is 0 Å². The number of carbonyl (C=O) groups is 1. The van der Waals surface area contributed by atoms with Crippen LogP contribution in [-0.2, 0) is 0 Å². The van der Waals surface area contributed by atoms with E-state index in [4.69, 9.17) is 5.73 Å². The van der Waals surface area contributed by atoms with Crippen LogP contribution in [0.15, 0.2) is 24.8 Å². The first-order valence-corrected chi connectivity index (χ1v) is 3.37. The van der Waals surface area contributed by atoms with Gasteiger partial charge in [0.05, 0.1) is 0 Å². The number of nitrogens with two attached hydrogens (primary N) is 1. The summed E-state index contributed by atoms with van der Waals surface area (Å²) in [6.07, 6.45) is 1.46. The van der Waals surface area contributed by atoms with Crippen molar-refractivity contribution in [2.45, 2.75) is 0 Å². The normalized spacial score (nSPS) is 9.42. The quantitative estimate of drug-likeness (QED) is 0.710. The van der Waals surface area contributed by atoms with Crippen molar-refractivity contribution in [3.8, 4) is 0 Å². The van der Waals surface area contributed by atoms with E-state index in [1.807, 2.05) is 0 Å². The van der Waals surface area contributed by atoms with E-state index in [9.17, 15) is 9.18 Å². The van der Waals surface area contributed by atoms with Crippen molar-refractivity contribution in [3.05, 3.63) is 41.7 Å². The van der Waals surface area contributed by atoms with Crippen LogP contribution in [0.25, 0.3) is 6.08 Å². The lowest BCUT2D eigenvalue weighted by Gasteiger charge is -2.00. The number of rotatable bonds is 2. The van der Waals surface area contributed by atoms with Crippen molar-refractivity contribution in [1.82, 2.24) is 0 Å². The van der Waals surface area contributed by atoms with E-state index in [2.05, 4.69) is 6.58 Å². The molecule has 0 spiro atoms. The Bertz CT molecular complexity index is 333. The molecule has 1 rings (SSSR count). The predicted molar refractivity (Wildman–Crippen MR) is 45.0 cm³/mol. The van der Waals surface area contributed by atoms with E-state index in [0.717, 1.165) is 6.07 Å². The van der Waals surface area contributed by atoms with Gasteiger partial charge in [0, 0.05) is 5.56 Å². The van der Waals surface area contributed by atoms with Crippen molar-refractivity contribution in [2.75, 3.05) is 0 Å². The molecule has 3 heteroatoms. The Labute approximate surface area is 69.5 Å². The molecule has 0 aromatic heterocycles. The topological polar surface area (TPSA) is 43.1 Å². The predicted octanol–water partition coefficient (Wildman–Crippen LogP) is 1.57. The summed E-state index contributed by atoms with van der Waals surface area (Å²) in [5.74, 6) is -1.13. The first-order chi connectivity index (χ1) is 5.65. The molecule has 0 aliphatic heterocycles. The lowest BCUT2D eigenvalue weighted by Crippen LogP contribution is -2.12. The fraction of sp³-hybridized carbons (Fsp3) is 0. The summed E-state index contributed by atoms with van der Waals surface area (Å²) in [5.41, 5.74) is 5.71. The minimum absolute atomic E-state index is 0.157. The standard InChI is InChI=1S/C9H8FNO/c1-2-6-3-4-7(10)5-8(6)9(11)12/h2-5H,1H2,(H2,11,12). The van der Waals surface area contributed by atoms with Crippen molar-refractivity contribution in [1.29, 1.82) is 0 Å². The molecule has 2 N–H and O–H groups in total. The van der Waals surface area contributed by atoms with Crippen LogP contribution >= 0.6 is 0 Å². The van der Waals surface area contributed by atoms with Crippen LogP contribution < -0.4 is 5.73 Å². The highest BCUT2D eigenvalue weighted by Gasteiger charge is 2.05. The van der Waals surface area contributed by atoms with E-state index in [1.165, 1.54) is 18.2 Å². The Balaban J connectivity index is 3.30. The summed E-state index contributed by atoms with van der Waals surface area (Å²) in [4.78, 5) is 10.7. The molecule has 0 saturated carbocycles. The van der Waals surface area contributed by atoms with Gasteiger partial charge in [-0.3, -0.25) is 4.79 Å². The highest BCUT2D eigenvalue weighted by molar-refractivity contribution is 5.96. The van der Waals surface area contributed by atoms with E-state index < -0.39 is 11.7 Å². The number of amides is 1. The third kappa shape index (κ3) is 1.50. The van der Waals surface area contributed by atoms with E-state index in [0.29, 0.717) is 5.56 Å². The molecule has 1 aromatic rings. The number of benzene rings is 1. The van der Waals surface area contributed by atoms with Crippen LogP contribution in [0.4, 0.5) is 4.39 Å². The van der Waals surface area contributed by atoms with Gasteiger partial charge in [-0.25, -0.2) is 4.39 Å². The molecule has 0 heterocycles. The molecular formula is C9H8FNO. The van der Waals surface area contributed by atoms with Crippen LogP contribution in [0.2, 0.25) is 0 Å². The zero-order chi connectivity index (χ0) is 9.14. The number of hydrogen-bond donors (Lipinski definition) is 1. The van der Waals surface area contributed by atoms with Gasteiger partial charge in [0.2, 0.25) is 5.91 Å². The summed E-state index contributed by atoms with van der Waals surface area (Å²) >= 11 is 0. The van der Waals surface area contributed by atoms with Crippen molar-refractivity contribution >= 4 is 12.0 Å². The lowest BCUT2D eigenvalue weighted by molar-refractivity contribution is 0.0999. The number of hydrogen-bond acceptors (Lipinski definition) is 1. The Morgan fingerprint density at radius 3 is 2.75 bits per heavy atom. The molecule has 0 fully saturated rings. The van der Waals surface area contributed by atoms with E-state index in [1.54, 1.807) is 0 Å². The summed E-state index contributed by atoms with van der Waals surface area (Å²) in [6.45, 7) is 3.47. The second-order valence-electron chi connectivity index (χ2n) is 2.30.